The van der Waals surface area contributed by atoms with Gasteiger partial charge in [0, 0.05) is 4.90 Å². The smallest absolute Gasteiger partial charge is 0.221 e. The summed E-state index contributed by atoms with van der Waals surface area (Å²) < 4.78 is 13.5. The molecule has 1 amide bonds. The summed E-state index contributed by atoms with van der Waals surface area (Å²) in [7, 11) is 0. The summed E-state index contributed by atoms with van der Waals surface area (Å²) in [4.78, 5) is 12.3. The summed E-state index contributed by atoms with van der Waals surface area (Å²) in [6, 6.07) is 11.4. The topological polar surface area (TPSA) is 69.1 Å². The van der Waals surface area contributed by atoms with E-state index in [1.54, 1.807) is 0 Å². The summed E-state index contributed by atoms with van der Waals surface area (Å²) in [5, 5.41) is 5.39. The molecule has 0 radical (unpaired) electrons. The normalized spacial score (nSPS) is 10.4. The Labute approximate surface area is 187 Å². The molecule has 0 saturated heterocycles. The van der Waals surface area contributed by atoms with Crippen LogP contribution in [-0.2, 0) is 11.2 Å². The number of hydrogen-bond donors (Lipinski definition) is 2. The van der Waals surface area contributed by atoms with Gasteiger partial charge in [-0.3, -0.25) is 9.93 Å². The highest BCUT2D eigenvalue weighted by molar-refractivity contribution is 7.97. The van der Waals surface area contributed by atoms with Crippen LogP contribution in [0.25, 0.3) is 0 Å². The maximum absolute atomic E-state index is 13.5. The van der Waals surface area contributed by atoms with Gasteiger partial charge in [0.25, 0.3) is 0 Å². The number of halogens is 1. The molecule has 0 heterocycles. The van der Waals surface area contributed by atoms with Crippen LogP contribution in [0.4, 0.5) is 4.39 Å². The molecule has 3 nitrogen and oxygen atoms in total. The zero-order chi connectivity index (χ0) is 23.4. The van der Waals surface area contributed by atoms with E-state index in [0.29, 0.717) is 5.92 Å². The van der Waals surface area contributed by atoms with Gasteiger partial charge in [-0.2, -0.15) is 0 Å². The van der Waals surface area contributed by atoms with Crippen LogP contribution in [-0.4, -0.2) is 5.91 Å². The van der Waals surface area contributed by atoms with Crippen LogP contribution in [0, 0.1) is 5.82 Å². The molecule has 0 aromatic heterocycles. The largest absolute Gasteiger partial charge is 0.369 e. The van der Waals surface area contributed by atoms with Gasteiger partial charge in [-0.15, -0.1) is 0 Å². The Morgan fingerprint density at radius 1 is 0.900 bits per heavy atom. The van der Waals surface area contributed by atoms with Gasteiger partial charge < -0.3 is 5.73 Å². The lowest BCUT2D eigenvalue weighted by atomic mass is 9.87. The summed E-state index contributed by atoms with van der Waals surface area (Å²) in [6.45, 7) is 16.3. The fraction of sp³-hybridized carbons (Fsp3) is 0.480. The molecule has 0 unspecified atom stereocenters. The van der Waals surface area contributed by atoms with Crippen molar-refractivity contribution in [2.75, 3.05) is 0 Å². The number of carbonyl (C=O) groups is 1. The minimum Gasteiger partial charge on any atom is -0.369 e. The summed E-state index contributed by atoms with van der Waals surface area (Å²) in [5.41, 5.74) is 9.29. The first kappa shape index (κ1) is 28.1. The molecule has 168 valence electrons. The number of rotatable bonds is 6. The first-order chi connectivity index (χ1) is 14.1. The molecule has 4 N–H and O–H groups in total. The van der Waals surface area contributed by atoms with Gasteiger partial charge in [-0.1, -0.05) is 67.5 Å². The Morgan fingerprint density at radius 3 is 1.63 bits per heavy atom. The van der Waals surface area contributed by atoms with Crippen molar-refractivity contribution in [2.24, 2.45) is 10.9 Å². The molecule has 0 aliphatic heterocycles. The predicted molar refractivity (Wildman–Crippen MR) is 129 cm³/mol. The van der Waals surface area contributed by atoms with E-state index < -0.39 is 0 Å². The summed E-state index contributed by atoms with van der Waals surface area (Å²) in [5.74, 6) is 0.341. The van der Waals surface area contributed by atoms with E-state index in [2.05, 4.69) is 38.1 Å². The number of amides is 1. The Morgan fingerprint density at radius 2 is 1.33 bits per heavy atom. The van der Waals surface area contributed by atoms with Gasteiger partial charge in [0.1, 0.15) is 5.82 Å². The molecular weight excluding hydrogens is 395 g/mol. The third-order valence-corrected chi connectivity index (χ3v) is 5.11. The highest BCUT2D eigenvalue weighted by atomic mass is 32.2. The number of primary amides is 1. The number of nitrogens with two attached hydrogens (primary N) is 2. The molecular formula is C25H39FN2OS. The molecule has 2 rings (SSSR count). The van der Waals surface area contributed by atoms with E-state index in [-0.39, 0.29) is 30.0 Å². The molecule has 0 aliphatic rings. The lowest BCUT2D eigenvalue weighted by molar-refractivity contribution is -0.117. The summed E-state index contributed by atoms with van der Waals surface area (Å²) >= 11 is 1.29. The zero-order valence-electron chi connectivity index (χ0n) is 19.8. The quantitative estimate of drug-likeness (QED) is 0.486. The standard InChI is InChI=1S/C14H20FNO.C9H13NS.C2H6/c1-8(2)11-5-10(15)6-12(9(3)4)13(11)7-14(16)17;1-7(2)8-3-5-9(11-10)6-4-8;1-2/h5-6,8-9H,7H2,1-4H3,(H2,16,17);3-7H,10H2,1-2H3;1-2H3. The Bertz CT molecular complexity index is 742. The van der Waals surface area contributed by atoms with Gasteiger partial charge >= 0.3 is 0 Å². The van der Waals surface area contributed by atoms with Gasteiger partial charge in [-0.05, 0) is 76.2 Å². The second-order valence-electron chi connectivity index (χ2n) is 7.86. The van der Waals surface area contributed by atoms with Gasteiger partial charge in [0.2, 0.25) is 5.91 Å². The molecule has 0 atom stereocenters. The first-order valence-corrected chi connectivity index (χ1v) is 11.5. The molecule has 2 aromatic carbocycles. The van der Waals surface area contributed by atoms with Crippen molar-refractivity contribution in [1.82, 2.24) is 0 Å². The van der Waals surface area contributed by atoms with Crippen LogP contribution >= 0.6 is 11.9 Å². The van der Waals surface area contributed by atoms with Gasteiger partial charge in [0.15, 0.2) is 0 Å². The number of hydrogen-bond acceptors (Lipinski definition) is 3. The molecule has 0 fully saturated rings. The molecule has 30 heavy (non-hydrogen) atoms. The minimum absolute atomic E-state index is 0.178. The van der Waals surface area contributed by atoms with Crippen molar-refractivity contribution in [2.45, 2.75) is 84.5 Å². The third kappa shape index (κ3) is 9.31. The van der Waals surface area contributed by atoms with Crippen LogP contribution in [0.5, 0.6) is 0 Å². The van der Waals surface area contributed by atoms with Crippen LogP contribution in [0.15, 0.2) is 41.3 Å². The predicted octanol–water partition coefficient (Wildman–Crippen LogP) is 6.90. The van der Waals surface area contributed by atoms with Crippen LogP contribution in [0.1, 0.15) is 95.4 Å². The van der Waals surface area contributed by atoms with Crippen LogP contribution in [0.3, 0.4) is 0 Å². The maximum Gasteiger partial charge on any atom is 0.221 e. The van der Waals surface area contributed by atoms with E-state index >= 15 is 0 Å². The zero-order valence-corrected chi connectivity index (χ0v) is 20.6. The van der Waals surface area contributed by atoms with Crippen molar-refractivity contribution < 1.29 is 9.18 Å². The van der Waals surface area contributed by atoms with Crippen molar-refractivity contribution >= 4 is 17.9 Å². The number of carbonyl (C=O) groups excluding carboxylic acids is 1. The molecule has 0 bridgehead atoms. The van der Waals surface area contributed by atoms with E-state index in [1.165, 1.54) is 29.6 Å². The Balaban J connectivity index is 0.000000557. The molecule has 0 saturated carbocycles. The van der Waals surface area contributed by atoms with Crippen molar-refractivity contribution in [3.63, 3.8) is 0 Å². The SMILES string of the molecule is CC.CC(C)c1cc(F)cc(C(C)C)c1CC(N)=O.CC(C)c1ccc(SN)cc1. The van der Waals surface area contributed by atoms with Crippen LogP contribution in [0.2, 0.25) is 0 Å². The first-order valence-electron chi connectivity index (χ1n) is 10.6. The Kier molecular flexibility index (Phi) is 13.3. The van der Waals surface area contributed by atoms with Gasteiger partial charge in [-0.25, -0.2) is 4.39 Å². The van der Waals surface area contributed by atoms with Crippen molar-refractivity contribution in [3.8, 4) is 0 Å². The monoisotopic (exact) mass is 434 g/mol. The van der Waals surface area contributed by atoms with E-state index in [0.717, 1.165) is 21.6 Å². The van der Waals surface area contributed by atoms with Gasteiger partial charge in [0.05, 0.1) is 6.42 Å². The highest BCUT2D eigenvalue weighted by Gasteiger charge is 2.17. The fourth-order valence-corrected chi connectivity index (χ4v) is 3.31. The lowest BCUT2D eigenvalue weighted by Crippen LogP contribution is -2.17. The summed E-state index contributed by atoms with van der Waals surface area (Å²) in [6.07, 6.45) is 0.182. The fourth-order valence-electron chi connectivity index (χ4n) is 3.02. The van der Waals surface area contributed by atoms with E-state index in [9.17, 15) is 9.18 Å². The van der Waals surface area contributed by atoms with Crippen LogP contribution < -0.4 is 10.9 Å². The minimum atomic E-state index is -0.375. The highest BCUT2D eigenvalue weighted by Crippen LogP contribution is 2.29. The average Bonchev–Trinajstić information content (AvgIpc) is 2.70. The molecule has 5 heteroatoms. The second kappa shape index (κ2) is 14.2. The maximum atomic E-state index is 13.5. The van der Waals surface area contributed by atoms with E-state index in [1.807, 2.05) is 41.5 Å². The lowest BCUT2D eigenvalue weighted by Gasteiger charge is -2.19. The van der Waals surface area contributed by atoms with Crippen molar-refractivity contribution in [1.29, 1.82) is 0 Å². The molecule has 2 aromatic rings. The van der Waals surface area contributed by atoms with Crippen molar-refractivity contribution in [3.05, 3.63) is 64.5 Å². The van der Waals surface area contributed by atoms with E-state index in [4.69, 9.17) is 10.9 Å². The molecule has 0 aliphatic carbocycles. The third-order valence-electron chi connectivity index (χ3n) is 4.56. The molecule has 0 spiro atoms. The average molecular weight is 435 g/mol. The Hall–Kier alpha value is -1.85. The second-order valence-corrected chi connectivity index (χ2v) is 8.56. The number of benzene rings is 2.